The van der Waals surface area contributed by atoms with Crippen LogP contribution < -0.4 is 15.8 Å². The number of amides is 1. The molecule has 1 heterocycles. The number of hydrogen-bond acceptors (Lipinski definition) is 5. The second-order valence-electron chi connectivity index (χ2n) is 4.11. The smallest absolute Gasteiger partial charge is 0.390 e. The second-order valence-corrected chi connectivity index (χ2v) is 5.46. The topological polar surface area (TPSA) is 77.2 Å². The van der Waals surface area contributed by atoms with E-state index in [9.17, 15) is 9.18 Å². The zero-order valence-corrected chi connectivity index (χ0v) is 12.5. The lowest BCUT2D eigenvalue weighted by Gasteiger charge is -2.05. The van der Waals surface area contributed by atoms with Crippen molar-refractivity contribution < 1.29 is 13.9 Å². The molecule has 0 spiro atoms. The van der Waals surface area contributed by atoms with Crippen LogP contribution in [0.15, 0.2) is 23.6 Å². The molecule has 0 atom stereocenters. The molecule has 0 aliphatic rings. The van der Waals surface area contributed by atoms with Gasteiger partial charge in [0.1, 0.15) is 5.82 Å². The number of thiazole rings is 1. The van der Waals surface area contributed by atoms with Crippen molar-refractivity contribution in [3.63, 3.8) is 0 Å². The van der Waals surface area contributed by atoms with Gasteiger partial charge in [-0.25, -0.2) is 14.2 Å². The van der Waals surface area contributed by atoms with E-state index in [0.29, 0.717) is 18.5 Å². The Kier molecular flexibility index (Phi) is 5.49. The Morgan fingerprint density at radius 2 is 2.33 bits per heavy atom. The highest BCUT2D eigenvalue weighted by Crippen LogP contribution is 2.17. The van der Waals surface area contributed by atoms with Gasteiger partial charge in [-0.2, -0.15) is 0 Å². The molecule has 0 unspecified atom stereocenters. The predicted molar refractivity (Wildman–Crippen MR) is 79.1 cm³/mol. The lowest BCUT2D eigenvalue weighted by Crippen LogP contribution is -2.26. The molecule has 1 aromatic heterocycles. The number of ether oxygens (including phenoxy) is 1. The van der Waals surface area contributed by atoms with E-state index in [-0.39, 0.29) is 17.4 Å². The zero-order valence-electron chi connectivity index (χ0n) is 10.9. The van der Waals surface area contributed by atoms with Crippen LogP contribution in [-0.2, 0) is 13.0 Å². The molecule has 3 N–H and O–H groups in total. The van der Waals surface area contributed by atoms with E-state index in [4.69, 9.17) is 22.1 Å². The number of benzene rings is 1. The second kappa shape index (κ2) is 7.35. The Morgan fingerprint density at radius 1 is 1.52 bits per heavy atom. The van der Waals surface area contributed by atoms with Gasteiger partial charge in [-0.3, -0.25) is 0 Å². The number of halogens is 2. The third-order valence-electron chi connectivity index (χ3n) is 2.51. The van der Waals surface area contributed by atoms with Gasteiger partial charge in [0.2, 0.25) is 5.88 Å². The first-order valence-corrected chi connectivity index (χ1v) is 7.38. The quantitative estimate of drug-likeness (QED) is 0.884. The van der Waals surface area contributed by atoms with Crippen LogP contribution in [-0.4, -0.2) is 17.6 Å². The molecule has 1 aromatic carbocycles. The minimum Gasteiger partial charge on any atom is -0.390 e. The summed E-state index contributed by atoms with van der Waals surface area (Å²) in [4.78, 5) is 15.7. The molecular formula is C13H13ClFN3O2S. The number of hydrogen-bond donors (Lipinski definition) is 2. The van der Waals surface area contributed by atoms with E-state index < -0.39 is 11.9 Å². The minimum atomic E-state index is -0.639. The SMILES string of the molecule is NCCc1nc(OC(=O)NCc2ccc(F)c(Cl)c2)cs1. The average molecular weight is 330 g/mol. The number of carbonyl (C=O) groups is 1. The summed E-state index contributed by atoms with van der Waals surface area (Å²) < 4.78 is 18.0. The van der Waals surface area contributed by atoms with Crippen molar-refractivity contribution in [3.8, 4) is 5.88 Å². The highest BCUT2D eigenvalue weighted by molar-refractivity contribution is 7.09. The normalized spacial score (nSPS) is 10.4. The van der Waals surface area contributed by atoms with E-state index in [2.05, 4.69) is 10.3 Å². The summed E-state index contributed by atoms with van der Waals surface area (Å²) in [6, 6.07) is 4.22. The maximum absolute atomic E-state index is 13.0. The number of aromatic nitrogens is 1. The van der Waals surface area contributed by atoms with Crippen LogP contribution in [0.4, 0.5) is 9.18 Å². The first-order valence-electron chi connectivity index (χ1n) is 6.12. The van der Waals surface area contributed by atoms with Crippen LogP contribution in [0, 0.1) is 5.82 Å². The molecule has 21 heavy (non-hydrogen) atoms. The monoisotopic (exact) mass is 329 g/mol. The standard InChI is InChI=1S/C13H13ClFN3O2S/c14-9-5-8(1-2-10(9)15)6-17-13(19)20-11-7-21-12(18-11)3-4-16/h1-2,5,7H,3-4,6,16H2,(H,17,19). The van der Waals surface area contributed by atoms with Crippen LogP contribution >= 0.6 is 22.9 Å². The van der Waals surface area contributed by atoms with E-state index in [1.54, 1.807) is 5.38 Å². The fraction of sp³-hybridized carbons (Fsp3) is 0.231. The third kappa shape index (κ3) is 4.66. The molecule has 0 saturated heterocycles. The predicted octanol–water partition coefficient (Wildman–Crippen LogP) is 2.73. The molecule has 2 rings (SSSR count). The van der Waals surface area contributed by atoms with Gasteiger partial charge in [-0.15, -0.1) is 11.3 Å². The molecule has 2 aromatic rings. The van der Waals surface area contributed by atoms with Gasteiger partial charge < -0.3 is 15.8 Å². The Bertz CT molecular complexity index is 636. The van der Waals surface area contributed by atoms with Crippen molar-refractivity contribution in [2.45, 2.75) is 13.0 Å². The summed E-state index contributed by atoms with van der Waals surface area (Å²) in [5, 5.41) is 4.99. The molecule has 1 amide bonds. The molecule has 0 aliphatic heterocycles. The van der Waals surface area contributed by atoms with Crippen molar-refractivity contribution >= 4 is 29.0 Å². The van der Waals surface area contributed by atoms with Gasteiger partial charge in [0.05, 0.1) is 15.4 Å². The summed E-state index contributed by atoms with van der Waals surface area (Å²) in [5.74, 6) is -0.268. The Balaban J connectivity index is 1.85. The average Bonchev–Trinajstić information content (AvgIpc) is 2.88. The van der Waals surface area contributed by atoms with Crippen LogP contribution in [0.3, 0.4) is 0 Å². The summed E-state index contributed by atoms with van der Waals surface area (Å²) >= 11 is 7.03. The largest absolute Gasteiger partial charge is 0.414 e. The van der Waals surface area contributed by atoms with Crippen molar-refractivity contribution in [1.82, 2.24) is 10.3 Å². The van der Waals surface area contributed by atoms with Crippen LogP contribution in [0.1, 0.15) is 10.6 Å². The number of nitrogens with zero attached hydrogens (tertiary/aromatic N) is 1. The number of nitrogens with one attached hydrogen (secondary N) is 1. The summed E-state index contributed by atoms with van der Waals surface area (Å²) in [5.41, 5.74) is 6.08. The van der Waals surface area contributed by atoms with Gasteiger partial charge in [0, 0.05) is 13.0 Å². The van der Waals surface area contributed by atoms with E-state index in [1.165, 1.54) is 29.5 Å². The van der Waals surface area contributed by atoms with Crippen LogP contribution in [0.25, 0.3) is 0 Å². The molecule has 0 saturated carbocycles. The zero-order chi connectivity index (χ0) is 15.2. The van der Waals surface area contributed by atoms with E-state index >= 15 is 0 Å². The lowest BCUT2D eigenvalue weighted by molar-refractivity contribution is 0.198. The van der Waals surface area contributed by atoms with Gasteiger partial charge in [-0.05, 0) is 24.2 Å². The maximum Gasteiger partial charge on any atom is 0.414 e. The fourth-order valence-corrected chi connectivity index (χ4v) is 2.45. The molecule has 0 aliphatic carbocycles. The highest BCUT2D eigenvalue weighted by Gasteiger charge is 2.09. The third-order valence-corrected chi connectivity index (χ3v) is 3.68. The van der Waals surface area contributed by atoms with Gasteiger partial charge in [0.25, 0.3) is 0 Å². The number of carbonyl (C=O) groups excluding carboxylic acids is 1. The summed E-state index contributed by atoms with van der Waals surface area (Å²) in [6.07, 6.45) is 0.00374. The van der Waals surface area contributed by atoms with Crippen LogP contribution in [0.5, 0.6) is 5.88 Å². The molecular weight excluding hydrogens is 317 g/mol. The number of nitrogens with two attached hydrogens (primary N) is 1. The molecule has 112 valence electrons. The molecule has 0 bridgehead atoms. The van der Waals surface area contributed by atoms with Crippen molar-refractivity contribution in [2.75, 3.05) is 6.54 Å². The van der Waals surface area contributed by atoms with E-state index in [1.807, 2.05) is 0 Å². The molecule has 5 nitrogen and oxygen atoms in total. The van der Waals surface area contributed by atoms with Gasteiger partial charge in [-0.1, -0.05) is 17.7 Å². The lowest BCUT2D eigenvalue weighted by atomic mass is 10.2. The first kappa shape index (κ1) is 15.7. The Morgan fingerprint density at radius 3 is 3.05 bits per heavy atom. The summed E-state index contributed by atoms with van der Waals surface area (Å²) in [7, 11) is 0. The van der Waals surface area contributed by atoms with Gasteiger partial charge >= 0.3 is 6.09 Å². The van der Waals surface area contributed by atoms with Crippen molar-refractivity contribution in [2.24, 2.45) is 5.73 Å². The van der Waals surface area contributed by atoms with Crippen LogP contribution in [0.2, 0.25) is 5.02 Å². The van der Waals surface area contributed by atoms with E-state index in [0.717, 1.165) is 5.01 Å². The summed E-state index contributed by atoms with van der Waals surface area (Å²) in [6.45, 7) is 0.670. The van der Waals surface area contributed by atoms with Gasteiger partial charge in [0.15, 0.2) is 0 Å². The molecule has 8 heteroatoms. The fourth-order valence-electron chi connectivity index (χ4n) is 1.53. The Hall–Kier alpha value is -1.70. The molecule has 0 radical (unpaired) electrons. The van der Waals surface area contributed by atoms with Crippen molar-refractivity contribution in [3.05, 3.63) is 45.0 Å². The van der Waals surface area contributed by atoms with Crippen molar-refractivity contribution in [1.29, 1.82) is 0 Å². The highest BCUT2D eigenvalue weighted by atomic mass is 35.5. The first-order chi connectivity index (χ1) is 10.1. The molecule has 0 fully saturated rings. The maximum atomic E-state index is 13.0. The number of rotatable bonds is 5. The Labute approximate surface area is 129 Å². The minimum absolute atomic E-state index is 0.00796.